The number of imidazole rings is 1. The summed E-state index contributed by atoms with van der Waals surface area (Å²) in [5.41, 5.74) is 7.98. The van der Waals surface area contributed by atoms with Gasteiger partial charge < -0.3 is 10.3 Å². The second-order valence-corrected chi connectivity index (χ2v) is 4.92. The van der Waals surface area contributed by atoms with E-state index in [-0.39, 0.29) is 0 Å². The zero-order chi connectivity index (χ0) is 14.8. The number of nitrogens with two attached hydrogens (primary N) is 1. The first-order valence-corrected chi connectivity index (χ1v) is 6.76. The van der Waals surface area contributed by atoms with Gasteiger partial charge in [-0.05, 0) is 36.4 Å². The van der Waals surface area contributed by atoms with Crippen molar-refractivity contribution < 1.29 is 8.78 Å². The number of hydrogen-bond acceptors (Lipinski definition) is 2. The quantitative estimate of drug-likeness (QED) is 0.802. The van der Waals surface area contributed by atoms with Crippen molar-refractivity contribution in [1.82, 2.24) is 9.55 Å². The molecule has 21 heavy (non-hydrogen) atoms. The average molecular weight is 287 g/mol. The molecular formula is C16H15F2N3. The summed E-state index contributed by atoms with van der Waals surface area (Å²) in [6.45, 7) is 0.839. The zero-order valence-corrected chi connectivity index (χ0v) is 11.4. The van der Waals surface area contributed by atoms with Crippen LogP contribution in [-0.2, 0) is 13.0 Å². The van der Waals surface area contributed by atoms with Crippen molar-refractivity contribution in [2.24, 2.45) is 5.73 Å². The minimum absolute atomic E-state index is 0.366. The van der Waals surface area contributed by atoms with E-state index in [4.69, 9.17) is 5.73 Å². The highest BCUT2D eigenvalue weighted by molar-refractivity contribution is 5.76. The molecule has 1 aromatic heterocycles. The van der Waals surface area contributed by atoms with E-state index in [9.17, 15) is 8.78 Å². The Morgan fingerprint density at radius 3 is 2.48 bits per heavy atom. The monoisotopic (exact) mass is 287 g/mol. The molecule has 0 spiro atoms. The molecule has 3 rings (SSSR count). The van der Waals surface area contributed by atoms with Gasteiger partial charge in [0, 0.05) is 19.0 Å². The van der Waals surface area contributed by atoms with Gasteiger partial charge in [-0.15, -0.1) is 0 Å². The molecule has 2 aromatic carbocycles. The van der Waals surface area contributed by atoms with Crippen LogP contribution in [0.3, 0.4) is 0 Å². The van der Waals surface area contributed by atoms with Crippen molar-refractivity contribution in [3.63, 3.8) is 0 Å². The van der Waals surface area contributed by atoms with E-state index in [1.807, 2.05) is 28.8 Å². The Morgan fingerprint density at radius 2 is 1.76 bits per heavy atom. The van der Waals surface area contributed by atoms with Gasteiger partial charge in [-0.2, -0.15) is 0 Å². The number of fused-ring (bicyclic) bond motifs is 1. The van der Waals surface area contributed by atoms with Crippen LogP contribution in [-0.4, -0.2) is 16.1 Å². The van der Waals surface area contributed by atoms with E-state index in [1.54, 1.807) is 0 Å². The Hall–Kier alpha value is -2.27. The van der Waals surface area contributed by atoms with Gasteiger partial charge in [0.15, 0.2) is 0 Å². The first kappa shape index (κ1) is 13.7. The molecule has 0 amide bonds. The molecule has 3 aromatic rings. The highest BCUT2D eigenvalue weighted by atomic mass is 19.1. The lowest BCUT2D eigenvalue weighted by Crippen LogP contribution is -2.11. The molecule has 0 aliphatic rings. The fourth-order valence-corrected chi connectivity index (χ4v) is 2.51. The topological polar surface area (TPSA) is 43.8 Å². The maximum atomic E-state index is 13.3. The minimum Gasteiger partial charge on any atom is -0.330 e. The number of aromatic nitrogens is 2. The van der Waals surface area contributed by atoms with Crippen LogP contribution in [0.1, 0.15) is 11.4 Å². The first-order chi connectivity index (χ1) is 10.2. The number of para-hydroxylation sites is 2. The summed E-state index contributed by atoms with van der Waals surface area (Å²) >= 11 is 0. The highest BCUT2D eigenvalue weighted by Crippen LogP contribution is 2.19. The molecule has 0 fully saturated rings. The molecule has 0 atom stereocenters. The number of halogens is 2. The molecule has 2 N–H and O–H groups in total. The fourth-order valence-electron chi connectivity index (χ4n) is 2.51. The first-order valence-electron chi connectivity index (χ1n) is 6.76. The van der Waals surface area contributed by atoms with Crippen LogP contribution >= 0.6 is 0 Å². The van der Waals surface area contributed by atoms with E-state index in [1.165, 1.54) is 12.1 Å². The number of hydrogen-bond donors (Lipinski definition) is 1. The van der Waals surface area contributed by atoms with Crippen molar-refractivity contribution in [2.75, 3.05) is 6.54 Å². The van der Waals surface area contributed by atoms with E-state index >= 15 is 0 Å². The summed E-state index contributed by atoms with van der Waals surface area (Å²) in [6, 6.07) is 11.2. The SMILES string of the molecule is NCCc1nc2ccccc2n1Cc1cc(F)cc(F)c1. The third kappa shape index (κ3) is 2.78. The number of rotatable bonds is 4. The third-order valence-electron chi connectivity index (χ3n) is 3.36. The lowest BCUT2D eigenvalue weighted by Gasteiger charge is -2.09. The van der Waals surface area contributed by atoms with Crippen molar-refractivity contribution in [3.8, 4) is 0 Å². The van der Waals surface area contributed by atoms with Crippen LogP contribution in [0, 0.1) is 11.6 Å². The Labute approximate surface area is 121 Å². The summed E-state index contributed by atoms with van der Waals surface area (Å²) in [4.78, 5) is 4.54. The summed E-state index contributed by atoms with van der Waals surface area (Å²) in [6.07, 6.45) is 0.618. The van der Waals surface area contributed by atoms with Crippen molar-refractivity contribution in [1.29, 1.82) is 0 Å². The predicted octanol–water partition coefficient (Wildman–Crippen LogP) is 2.86. The predicted molar refractivity (Wildman–Crippen MR) is 78.0 cm³/mol. The maximum Gasteiger partial charge on any atom is 0.126 e. The standard InChI is InChI=1S/C16H15F2N3/c17-12-7-11(8-13(18)9-12)10-21-15-4-2-1-3-14(15)20-16(21)5-6-19/h1-4,7-9H,5-6,10,19H2. The van der Waals surface area contributed by atoms with Crippen LogP contribution in [0.15, 0.2) is 42.5 Å². The van der Waals surface area contributed by atoms with Crippen molar-refractivity contribution >= 4 is 11.0 Å². The van der Waals surface area contributed by atoms with Crippen LogP contribution < -0.4 is 5.73 Å². The smallest absolute Gasteiger partial charge is 0.126 e. The van der Waals surface area contributed by atoms with Crippen LogP contribution in [0.5, 0.6) is 0 Å². The normalized spacial score (nSPS) is 11.2. The summed E-state index contributed by atoms with van der Waals surface area (Å²) in [5.74, 6) is -0.326. The molecular weight excluding hydrogens is 272 g/mol. The van der Waals surface area contributed by atoms with Crippen LogP contribution in [0.4, 0.5) is 8.78 Å². The molecule has 3 nitrogen and oxygen atoms in total. The average Bonchev–Trinajstić information content (AvgIpc) is 2.76. The van der Waals surface area contributed by atoms with E-state index < -0.39 is 11.6 Å². The summed E-state index contributed by atoms with van der Waals surface area (Å²) < 4.78 is 28.6. The summed E-state index contributed by atoms with van der Waals surface area (Å²) in [7, 11) is 0. The lowest BCUT2D eigenvalue weighted by atomic mass is 10.2. The van der Waals surface area contributed by atoms with E-state index in [2.05, 4.69) is 4.98 Å². The van der Waals surface area contributed by atoms with Crippen molar-refractivity contribution in [3.05, 3.63) is 65.5 Å². The molecule has 0 unspecified atom stereocenters. The Bertz CT molecular complexity index is 760. The van der Waals surface area contributed by atoms with Gasteiger partial charge in [0.1, 0.15) is 17.5 Å². The van der Waals surface area contributed by atoms with Gasteiger partial charge in [0.2, 0.25) is 0 Å². The number of nitrogens with zero attached hydrogens (tertiary/aromatic N) is 2. The number of benzene rings is 2. The Kier molecular flexibility index (Phi) is 3.66. The van der Waals surface area contributed by atoms with E-state index in [0.717, 1.165) is 22.9 Å². The molecule has 0 saturated carbocycles. The largest absolute Gasteiger partial charge is 0.330 e. The van der Waals surface area contributed by atoms with Gasteiger partial charge in [-0.1, -0.05) is 12.1 Å². The van der Waals surface area contributed by atoms with Crippen molar-refractivity contribution in [2.45, 2.75) is 13.0 Å². The van der Waals surface area contributed by atoms with Crippen LogP contribution in [0.25, 0.3) is 11.0 Å². The molecule has 0 bridgehead atoms. The molecule has 1 heterocycles. The molecule has 0 radical (unpaired) electrons. The van der Waals surface area contributed by atoms with Gasteiger partial charge in [-0.3, -0.25) is 0 Å². The minimum atomic E-state index is -0.574. The second kappa shape index (κ2) is 5.61. The molecule has 0 aliphatic heterocycles. The van der Waals surface area contributed by atoms with Crippen LogP contribution in [0.2, 0.25) is 0 Å². The zero-order valence-electron chi connectivity index (χ0n) is 11.4. The molecule has 5 heteroatoms. The van der Waals surface area contributed by atoms with Gasteiger partial charge in [-0.25, -0.2) is 13.8 Å². The second-order valence-electron chi connectivity index (χ2n) is 4.92. The highest BCUT2D eigenvalue weighted by Gasteiger charge is 2.11. The molecule has 108 valence electrons. The van der Waals surface area contributed by atoms with E-state index in [0.29, 0.717) is 25.1 Å². The van der Waals surface area contributed by atoms with Gasteiger partial charge >= 0.3 is 0 Å². The maximum absolute atomic E-state index is 13.3. The third-order valence-corrected chi connectivity index (χ3v) is 3.36. The lowest BCUT2D eigenvalue weighted by molar-refractivity contribution is 0.577. The fraction of sp³-hybridized carbons (Fsp3) is 0.188. The summed E-state index contributed by atoms with van der Waals surface area (Å²) in [5, 5.41) is 0. The molecule has 0 saturated heterocycles. The Balaban J connectivity index is 2.07. The van der Waals surface area contributed by atoms with Gasteiger partial charge in [0.25, 0.3) is 0 Å². The Morgan fingerprint density at radius 1 is 1.05 bits per heavy atom. The van der Waals surface area contributed by atoms with Gasteiger partial charge in [0.05, 0.1) is 11.0 Å². The molecule has 0 aliphatic carbocycles.